The van der Waals surface area contributed by atoms with Crippen molar-refractivity contribution in [3.8, 4) is 0 Å². The summed E-state index contributed by atoms with van der Waals surface area (Å²) in [6.45, 7) is 0.680. The maximum atomic E-state index is 12.1. The van der Waals surface area contributed by atoms with Crippen molar-refractivity contribution in [1.82, 2.24) is 5.32 Å². The lowest BCUT2D eigenvalue weighted by Crippen LogP contribution is -2.30. The minimum Gasteiger partial charge on any atom is -0.352 e. The van der Waals surface area contributed by atoms with E-state index >= 15 is 0 Å². The number of sulfonamides is 1. The fourth-order valence-electron chi connectivity index (χ4n) is 3.17. The number of carbonyl (C=O) groups excluding carboxylic acids is 2. The van der Waals surface area contributed by atoms with Crippen LogP contribution in [0.5, 0.6) is 0 Å². The second kappa shape index (κ2) is 6.31. The van der Waals surface area contributed by atoms with Gasteiger partial charge in [-0.15, -0.1) is 0 Å². The zero-order valence-electron chi connectivity index (χ0n) is 12.8. The maximum Gasteiger partial charge on any atom is 0.251 e. The summed E-state index contributed by atoms with van der Waals surface area (Å²) < 4.78 is 24.6. The van der Waals surface area contributed by atoms with Crippen molar-refractivity contribution in [2.24, 2.45) is 5.92 Å². The van der Waals surface area contributed by atoms with Gasteiger partial charge in [-0.25, -0.2) is 12.7 Å². The van der Waals surface area contributed by atoms with E-state index in [9.17, 15) is 18.0 Å². The molecular formula is C16H20N2O4S. The summed E-state index contributed by atoms with van der Waals surface area (Å²) in [5.41, 5.74) is 0.760. The first-order chi connectivity index (χ1) is 11.0. The highest BCUT2D eigenvalue weighted by atomic mass is 32.2. The molecule has 1 aromatic carbocycles. The molecule has 1 saturated heterocycles. The standard InChI is InChI=1S/C16H20N2O4S/c19-15-9-10-23(21,22)18(15)14-7-5-13(6-8-14)16(20)17-11-12-3-1-2-4-12/h5-8,12H,1-4,9-11H2,(H,17,20). The number of nitrogens with zero attached hydrogens (tertiary/aromatic N) is 1. The van der Waals surface area contributed by atoms with Gasteiger partial charge in [0.2, 0.25) is 15.9 Å². The SMILES string of the molecule is O=C(NCC1CCCC1)c1ccc(N2C(=O)CCS2(=O)=O)cc1. The van der Waals surface area contributed by atoms with Gasteiger partial charge < -0.3 is 5.32 Å². The number of hydrogen-bond donors (Lipinski definition) is 1. The van der Waals surface area contributed by atoms with Crippen molar-refractivity contribution in [2.45, 2.75) is 32.1 Å². The Hall–Kier alpha value is -1.89. The van der Waals surface area contributed by atoms with E-state index in [0.717, 1.165) is 17.1 Å². The molecule has 0 bridgehead atoms. The second-order valence-corrected chi connectivity index (χ2v) is 8.07. The first kappa shape index (κ1) is 16.0. The Labute approximate surface area is 135 Å². The van der Waals surface area contributed by atoms with E-state index in [2.05, 4.69) is 5.32 Å². The molecular weight excluding hydrogens is 316 g/mol. The van der Waals surface area contributed by atoms with Crippen LogP contribution in [0.25, 0.3) is 0 Å². The van der Waals surface area contributed by atoms with Gasteiger partial charge in [0.15, 0.2) is 0 Å². The first-order valence-corrected chi connectivity index (χ1v) is 9.52. The van der Waals surface area contributed by atoms with Crippen LogP contribution in [0.2, 0.25) is 0 Å². The van der Waals surface area contributed by atoms with Gasteiger partial charge in [-0.2, -0.15) is 0 Å². The molecule has 1 heterocycles. The highest BCUT2D eigenvalue weighted by Crippen LogP contribution is 2.26. The molecule has 1 aromatic rings. The molecule has 6 nitrogen and oxygen atoms in total. The molecule has 1 aliphatic carbocycles. The van der Waals surface area contributed by atoms with E-state index < -0.39 is 15.9 Å². The molecule has 0 aromatic heterocycles. The molecule has 124 valence electrons. The number of carbonyl (C=O) groups is 2. The maximum absolute atomic E-state index is 12.1. The van der Waals surface area contributed by atoms with Gasteiger partial charge in [0, 0.05) is 18.5 Å². The summed E-state index contributed by atoms with van der Waals surface area (Å²) in [4.78, 5) is 23.8. The third-order valence-electron chi connectivity index (χ3n) is 4.47. The van der Waals surface area contributed by atoms with E-state index in [1.54, 1.807) is 12.1 Å². The minimum atomic E-state index is -3.56. The average Bonchev–Trinajstić information content (AvgIpc) is 3.13. The normalized spacial score (nSPS) is 20.9. The van der Waals surface area contributed by atoms with Crippen molar-refractivity contribution in [2.75, 3.05) is 16.6 Å². The molecule has 23 heavy (non-hydrogen) atoms. The Morgan fingerprint density at radius 3 is 2.39 bits per heavy atom. The van der Waals surface area contributed by atoms with E-state index in [4.69, 9.17) is 0 Å². The fraction of sp³-hybridized carbons (Fsp3) is 0.500. The lowest BCUT2D eigenvalue weighted by molar-refractivity contribution is -0.116. The third kappa shape index (κ3) is 3.39. The van der Waals surface area contributed by atoms with Crippen LogP contribution in [0.3, 0.4) is 0 Å². The topological polar surface area (TPSA) is 83.6 Å². The van der Waals surface area contributed by atoms with Gasteiger partial charge in [0.1, 0.15) is 0 Å². The van der Waals surface area contributed by atoms with Crippen LogP contribution in [0.15, 0.2) is 24.3 Å². The highest BCUT2D eigenvalue weighted by molar-refractivity contribution is 7.94. The fourth-order valence-corrected chi connectivity index (χ4v) is 4.63. The number of amides is 2. The Balaban J connectivity index is 1.67. The number of benzene rings is 1. The number of hydrogen-bond acceptors (Lipinski definition) is 4. The van der Waals surface area contributed by atoms with Crippen LogP contribution in [0.1, 0.15) is 42.5 Å². The second-order valence-electron chi connectivity index (χ2n) is 6.13. The quantitative estimate of drug-likeness (QED) is 0.906. The van der Waals surface area contributed by atoms with Gasteiger partial charge >= 0.3 is 0 Å². The molecule has 2 fully saturated rings. The average molecular weight is 336 g/mol. The van der Waals surface area contributed by atoms with E-state index in [0.29, 0.717) is 23.7 Å². The number of nitrogens with one attached hydrogen (secondary N) is 1. The predicted molar refractivity (Wildman–Crippen MR) is 86.6 cm³/mol. The Morgan fingerprint density at radius 1 is 1.17 bits per heavy atom. The third-order valence-corrected chi connectivity index (χ3v) is 6.16. The van der Waals surface area contributed by atoms with Crippen LogP contribution >= 0.6 is 0 Å². The summed E-state index contributed by atoms with van der Waals surface area (Å²) in [6.07, 6.45) is 4.79. The molecule has 1 saturated carbocycles. The van der Waals surface area contributed by atoms with Gasteiger partial charge in [0.05, 0.1) is 11.4 Å². The number of anilines is 1. The largest absolute Gasteiger partial charge is 0.352 e. The molecule has 1 aliphatic heterocycles. The molecule has 0 spiro atoms. The van der Waals surface area contributed by atoms with Gasteiger partial charge in [-0.1, -0.05) is 12.8 Å². The van der Waals surface area contributed by atoms with Crippen molar-refractivity contribution < 1.29 is 18.0 Å². The molecule has 3 rings (SSSR count). The van der Waals surface area contributed by atoms with Crippen molar-refractivity contribution >= 4 is 27.5 Å². The summed E-state index contributed by atoms with van der Waals surface area (Å²) in [5.74, 6) is -0.191. The van der Waals surface area contributed by atoms with Crippen molar-refractivity contribution in [3.63, 3.8) is 0 Å². The summed E-state index contributed by atoms with van der Waals surface area (Å²) in [6, 6.07) is 6.12. The van der Waals surface area contributed by atoms with Crippen molar-refractivity contribution in [3.05, 3.63) is 29.8 Å². The Kier molecular flexibility index (Phi) is 4.39. The molecule has 0 radical (unpaired) electrons. The lowest BCUT2D eigenvalue weighted by atomic mass is 10.1. The molecule has 1 N–H and O–H groups in total. The monoisotopic (exact) mass is 336 g/mol. The van der Waals surface area contributed by atoms with Crippen LogP contribution in [0, 0.1) is 5.92 Å². The molecule has 0 unspecified atom stereocenters. The predicted octanol–water partition coefficient (Wildman–Crippen LogP) is 1.67. The van der Waals surface area contributed by atoms with E-state index in [1.165, 1.54) is 25.0 Å². The minimum absolute atomic E-state index is 0.00591. The summed E-state index contributed by atoms with van der Waals surface area (Å²) in [7, 11) is -3.56. The first-order valence-electron chi connectivity index (χ1n) is 7.91. The zero-order valence-corrected chi connectivity index (χ0v) is 13.6. The smallest absolute Gasteiger partial charge is 0.251 e. The van der Waals surface area contributed by atoms with E-state index in [1.807, 2.05) is 0 Å². The molecule has 7 heteroatoms. The zero-order chi connectivity index (χ0) is 16.4. The van der Waals surface area contributed by atoms with Gasteiger partial charge in [-0.05, 0) is 43.0 Å². The van der Waals surface area contributed by atoms with Crippen LogP contribution in [-0.2, 0) is 14.8 Å². The molecule has 0 atom stereocenters. The van der Waals surface area contributed by atoms with Crippen LogP contribution in [0.4, 0.5) is 5.69 Å². The molecule has 2 amide bonds. The Bertz CT molecular complexity index is 706. The number of rotatable bonds is 4. The van der Waals surface area contributed by atoms with Gasteiger partial charge in [-0.3, -0.25) is 9.59 Å². The Morgan fingerprint density at radius 2 is 1.83 bits per heavy atom. The summed E-state index contributed by atoms with van der Waals surface area (Å²) in [5, 5.41) is 2.92. The summed E-state index contributed by atoms with van der Waals surface area (Å²) >= 11 is 0. The van der Waals surface area contributed by atoms with E-state index in [-0.39, 0.29) is 18.1 Å². The van der Waals surface area contributed by atoms with Crippen molar-refractivity contribution in [1.29, 1.82) is 0 Å². The van der Waals surface area contributed by atoms with Gasteiger partial charge in [0.25, 0.3) is 5.91 Å². The van der Waals surface area contributed by atoms with Crippen LogP contribution < -0.4 is 9.62 Å². The lowest BCUT2D eigenvalue weighted by Gasteiger charge is -2.15. The highest BCUT2D eigenvalue weighted by Gasteiger charge is 2.36. The molecule has 2 aliphatic rings. The van der Waals surface area contributed by atoms with Crippen LogP contribution in [-0.4, -0.2) is 32.5 Å².